The van der Waals surface area contributed by atoms with Crippen LogP contribution >= 0.6 is 0 Å². The van der Waals surface area contributed by atoms with E-state index < -0.39 is 0 Å². The lowest BCUT2D eigenvalue weighted by molar-refractivity contribution is 0.695. The lowest BCUT2D eigenvalue weighted by Gasteiger charge is -2.05. The van der Waals surface area contributed by atoms with Gasteiger partial charge in [0.1, 0.15) is 0 Å². The molecule has 0 aromatic carbocycles. The van der Waals surface area contributed by atoms with Gasteiger partial charge in [0.15, 0.2) is 0 Å². The Morgan fingerprint density at radius 1 is 1.20 bits per heavy atom. The van der Waals surface area contributed by atoms with Crippen molar-refractivity contribution < 1.29 is 0 Å². The molecule has 0 aliphatic heterocycles. The minimum absolute atomic E-state index is 1.04. The van der Waals surface area contributed by atoms with Crippen molar-refractivity contribution in [3.05, 3.63) is 17.0 Å². The van der Waals surface area contributed by atoms with Crippen LogP contribution in [0.5, 0.6) is 0 Å². The zero-order chi connectivity index (χ0) is 11.3. The third-order valence-electron chi connectivity index (χ3n) is 2.83. The van der Waals surface area contributed by atoms with Gasteiger partial charge in [-0.05, 0) is 37.9 Å². The maximum atomic E-state index is 4.57. The Hall–Kier alpha value is -0.830. The molecule has 0 fully saturated rings. The zero-order valence-electron chi connectivity index (χ0n) is 10.4. The van der Waals surface area contributed by atoms with Crippen LogP contribution in [-0.2, 0) is 26.3 Å². The highest BCUT2D eigenvalue weighted by Gasteiger charge is 2.12. The van der Waals surface area contributed by atoms with E-state index in [-0.39, 0.29) is 0 Å². The van der Waals surface area contributed by atoms with E-state index in [0.29, 0.717) is 0 Å². The van der Waals surface area contributed by atoms with Gasteiger partial charge in [0, 0.05) is 12.7 Å². The summed E-state index contributed by atoms with van der Waals surface area (Å²) in [5.41, 5.74) is 4.13. The first-order chi connectivity index (χ1) is 7.24. The molecule has 3 nitrogen and oxygen atoms in total. The molecule has 1 heterocycles. The van der Waals surface area contributed by atoms with Gasteiger partial charge in [-0.25, -0.2) is 0 Å². The monoisotopic (exact) mass is 209 g/mol. The standard InChI is InChI=1S/C12H23N3/c1-5-11-10(8-9-13-7-3)12(6-2)15(4)14-11/h13H,5-9H2,1-4H3. The second-order valence-corrected chi connectivity index (χ2v) is 3.81. The van der Waals surface area contributed by atoms with Crippen LogP contribution in [0.2, 0.25) is 0 Å². The fourth-order valence-electron chi connectivity index (χ4n) is 2.07. The molecule has 0 atom stereocenters. The van der Waals surface area contributed by atoms with Crippen molar-refractivity contribution in [2.75, 3.05) is 13.1 Å². The quantitative estimate of drug-likeness (QED) is 0.723. The van der Waals surface area contributed by atoms with Gasteiger partial charge in [0.25, 0.3) is 0 Å². The smallest absolute Gasteiger partial charge is 0.0657 e. The van der Waals surface area contributed by atoms with Crippen LogP contribution in [0.4, 0.5) is 0 Å². The van der Waals surface area contributed by atoms with Crippen LogP contribution < -0.4 is 5.32 Å². The molecule has 0 aliphatic rings. The SMILES string of the molecule is CCNCCc1c(CC)nn(C)c1CC. The van der Waals surface area contributed by atoms with Gasteiger partial charge in [-0.2, -0.15) is 5.10 Å². The summed E-state index contributed by atoms with van der Waals surface area (Å²) >= 11 is 0. The molecule has 15 heavy (non-hydrogen) atoms. The lowest BCUT2D eigenvalue weighted by Crippen LogP contribution is -2.17. The molecule has 1 aromatic heterocycles. The molecule has 0 saturated heterocycles. The predicted molar refractivity (Wildman–Crippen MR) is 64.2 cm³/mol. The maximum absolute atomic E-state index is 4.57. The largest absolute Gasteiger partial charge is 0.317 e. The second kappa shape index (κ2) is 5.91. The van der Waals surface area contributed by atoms with Gasteiger partial charge in [0.2, 0.25) is 0 Å². The third-order valence-corrected chi connectivity index (χ3v) is 2.83. The van der Waals surface area contributed by atoms with E-state index in [1.807, 2.05) is 4.68 Å². The van der Waals surface area contributed by atoms with E-state index in [4.69, 9.17) is 0 Å². The van der Waals surface area contributed by atoms with Crippen molar-refractivity contribution in [3.63, 3.8) is 0 Å². The van der Waals surface area contributed by atoms with Gasteiger partial charge >= 0.3 is 0 Å². The molecule has 0 saturated carbocycles. The van der Waals surface area contributed by atoms with Crippen molar-refractivity contribution >= 4 is 0 Å². The Balaban J connectivity index is 2.81. The molecular weight excluding hydrogens is 186 g/mol. The molecule has 0 radical (unpaired) electrons. The molecule has 86 valence electrons. The molecule has 0 unspecified atom stereocenters. The van der Waals surface area contributed by atoms with E-state index in [1.165, 1.54) is 17.0 Å². The van der Waals surface area contributed by atoms with Crippen molar-refractivity contribution in [3.8, 4) is 0 Å². The highest BCUT2D eigenvalue weighted by molar-refractivity contribution is 5.27. The third kappa shape index (κ3) is 2.81. The average molecular weight is 209 g/mol. The Labute approximate surface area is 92.9 Å². The first-order valence-corrected chi connectivity index (χ1v) is 5.98. The number of aryl methyl sites for hydroxylation is 2. The minimum Gasteiger partial charge on any atom is -0.317 e. The van der Waals surface area contributed by atoms with E-state index in [9.17, 15) is 0 Å². The molecule has 1 rings (SSSR count). The van der Waals surface area contributed by atoms with Crippen LogP contribution in [0.1, 0.15) is 37.7 Å². The van der Waals surface area contributed by atoms with Crippen molar-refractivity contribution in [1.29, 1.82) is 0 Å². The molecule has 1 aromatic rings. The van der Waals surface area contributed by atoms with Crippen LogP contribution in [0.25, 0.3) is 0 Å². The van der Waals surface area contributed by atoms with E-state index in [2.05, 4.69) is 38.2 Å². The molecule has 0 bridgehead atoms. The number of nitrogens with zero attached hydrogens (tertiary/aromatic N) is 2. The molecule has 0 aliphatic carbocycles. The first-order valence-electron chi connectivity index (χ1n) is 5.98. The summed E-state index contributed by atoms with van der Waals surface area (Å²) < 4.78 is 2.04. The highest BCUT2D eigenvalue weighted by atomic mass is 15.3. The van der Waals surface area contributed by atoms with Gasteiger partial charge in [-0.3, -0.25) is 4.68 Å². The summed E-state index contributed by atoms with van der Waals surface area (Å²) in [6.07, 6.45) is 3.22. The van der Waals surface area contributed by atoms with Crippen LogP contribution in [-0.4, -0.2) is 22.9 Å². The van der Waals surface area contributed by atoms with Gasteiger partial charge in [0.05, 0.1) is 5.69 Å². The van der Waals surface area contributed by atoms with Crippen LogP contribution in [0, 0.1) is 0 Å². The lowest BCUT2D eigenvalue weighted by atomic mass is 10.1. The molecule has 1 N–H and O–H groups in total. The molecule has 3 heteroatoms. The number of rotatable bonds is 6. The Morgan fingerprint density at radius 2 is 1.93 bits per heavy atom. The summed E-state index contributed by atoms with van der Waals surface area (Å²) in [5.74, 6) is 0. The van der Waals surface area contributed by atoms with Crippen LogP contribution in [0.3, 0.4) is 0 Å². The average Bonchev–Trinajstić information content (AvgIpc) is 2.55. The summed E-state index contributed by atoms with van der Waals surface area (Å²) in [6, 6.07) is 0. The maximum Gasteiger partial charge on any atom is 0.0657 e. The van der Waals surface area contributed by atoms with E-state index >= 15 is 0 Å². The van der Waals surface area contributed by atoms with E-state index in [1.54, 1.807) is 0 Å². The number of nitrogens with one attached hydrogen (secondary N) is 1. The normalized spacial score (nSPS) is 10.9. The Morgan fingerprint density at radius 3 is 2.47 bits per heavy atom. The Kier molecular flexibility index (Phi) is 4.82. The molecular formula is C12H23N3. The van der Waals surface area contributed by atoms with E-state index in [0.717, 1.165) is 32.4 Å². The van der Waals surface area contributed by atoms with Gasteiger partial charge in [-0.1, -0.05) is 20.8 Å². The van der Waals surface area contributed by atoms with Gasteiger partial charge in [-0.15, -0.1) is 0 Å². The molecule has 0 spiro atoms. The predicted octanol–water partition coefficient (Wildman–Crippen LogP) is 1.70. The molecule has 0 amide bonds. The first kappa shape index (κ1) is 12.2. The topological polar surface area (TPSA) is 29.9 Å². The van der Waals surface area contributed by atoms with Crippen molar-refractivity contribution in [2.45, 2.75) is 40.0 Å². The number of aromatic nitrogens is 2. The number of hydrogen-bond acceptors (Lipinski definition) is 2. The fourth-order valence-corrected chi connectivity index (χ4v) is 2.07. The van der Waals surface area contributed by atoms with Crippen LogP contribution in [0.15, 0.2) is 0 Å². The number of likely N-dealkylation sites (N-methyl/N-ethyl adjacent to an activating group) is 1. The Bertz CT molecular complexity index is 302. The second-order valence-electron chi connectivity index (χ2n) is 3.81. The zero-order valence-corrected chi connectivity index (χ0v) is 10.4. The van der Waals surface area contributed by atoms with Crippen molar-refractivity contribution in [1.82, 2.24) is 15.1 Å². The summed E-state index contributed by atoms with van der Waals surface area (Å²) in [6.45, 7) is 8.63. The van der Waals surface area contributed by atoms with Crippen molar-refractivity contribution in [2.24, 2.45) is 7.05 Å². The van der Waals surface area contributed by atoms with Gasteiger partial charge < -0.3 is 5.32 Å². The fraction of sp³-hybridized carbons (Fsp3) is 0.750. The minimum atomic E-state index is 1.04. The number of hydrogen-bond donors (Lipinski definition) is 1. The summed E-state index contributed by atoms with van der Waals surface area (Å²) in [4.78, 5) is 0. The highest BCUT2D eigenvalue weighted by Crippen LogP contribution is 2.15. The summed E-state index contributed by atoms with van der Waals surface area (Å²) in [7, 11) is 2.05. The summed E-state index contributed by atoms with van der Waals surface area (Å²) in [5, 5.41) is 7.94.